The van der Waals surface area contributed by atoms with Crippen LogP contribution < -0.4 is 0 Å². The van der Waals surface area contributed by atoms with E-state index in [4.69, 9.17) is 0 Å². The Hall–Kier alpha value is -1.04. The summed E-state index contributed by atoms with van der Waals surface area (Å²) in [7, 11) is 2.07. The van der Waals surface area contributed by atoms with Crippen LogP contribution >= 0.6 is 0 Å². The quantitative estimate of drug-likeness (QED) is 0.920. The van der Waals surface area contributed by atoms with Gasteiger partial charge in [-0.3, -0.25) is 4.90 Å². The molecule has 1 saturated heterocycles. The molecule has 1 aliphatic heterocycles. The van der Waals surface area contributed by atoms with E-state index in [1.807, 2.05) is 0 Å². The lowest BCUT2D eigenvalue weighted by molar-refractivity contribution is 0.0891. The van der Waals surface area contributed by atoms with E-state index in [2.05, 4.69) is 23.8 Å². The summed E-state index contributed by atoms with van der Waals surface area (Å²) in [6.45, 7) is 5.22. The van der Waals surface area contributed by atoms with Crippen molar-refractivity contribution in [3.8, 4) is 0 Å². The van der Waals surface area contributed by atoms with Crippen LogP contribution in [-0.2, 0) is 0 Å². The summed E-state index contributed by atoms with van der Waals surface area (Å²) < 4.78 is 26.9. The number of benzene rings is 1. The maximum atomic E-state index is 13.7. The van der Waals surface area contributed by atoms with Crippen LogP contribution in [0.5, 0.6) is 0 Å². The fraction of sp³-hybridized carbons (Fsp3) is 0.600. The minimum absolute atomic E-state index is 0.0369. The van der Waals surface area contributed by atoms with E-state index in [-0.39, 0.29) is 11.6 Å². The van der Waals surface area contributed by atoms with Gasteiger partial charge in [-0.1, -0.05) is 12.1 Å². The SMILES string of the molecule is CC1CN(C)CCCN1CC(O)c1cccc(F)c1F. The van der Waals surface area contributed by atoms with Gasteiger partial charge in [-0.05, 0) is 39.5 Å². The Morgan fingerprint density at radius 3 is 2.85 bits per heavy atom. The normalized spacial score (nSPS) is 23.6. The van der Waals surface area contributed by atoms with Crippen LogP contribution in [0.4, 0.5) is 8.78 Å². The van der Waals surface area contributed by atoms with Gasteiger partial charge in [-0.25, -0.2) is 8.78 Å². The summed E-state index contributed by atoms with van der Waals surface area (Å²) in [5.74, 6) is -1.86. The molecule has 0 saturated carbocycles. The second-order valence-corrected chi connectivity index (χ2v) is 5.62. The summed E-state index contributed by atoms with van der Waals surface area (Å²) >= 11 is 0. The number of rotatable bonds is 3. The van der Waals surface area contributed by atoms with Crippen molar-refractivity contribution >= 4 is 0 Å². The summed E-state index contributed by atoms with van der Waals surface area (Å²) in [6.07, 6.45) is 0.00990. The molecule has 1 aliphatic rings. The number of likely N-dealkylation sites (N-methyl/N-ethyl adjacent to an activating group) is 1. The lowest BCUT2D eigenvalue weighted by Gasteiger charge is -2.30. The van der Waals surface area contributed by atoms with E-state index < -0.39 is 17.7 Å². The molecule has 2 unspecified atom stereocenters. The van der Waals surface area contributed by atoms with Crippen molar-refractivity contribution in [2.45, 2.75) is 25.5 Å². The zero-order valence-corrected chi connectivity index (χ0v) is 12.0. The van der Waals surface area contributed by atoms with Crippen molar-refractivity contribution in [1.82, 2.24) is 9.80 Å². The Kier molecular flexibility index (Phi) is 5.07. The number of halogens is 2. The predicted molar refractivity (Wildman–Crippen MR) is 74.5 cm³/mol. The number of aliphatic hydroxyl groups is 1. The van der Waals surface area contributed by atoms with Crippen molar-refractivity contribution in [3.05, 3.63) is 35.4 Å². The first-order valence-corrected chi connectivity index (χ1v) is 7.03. The van der Waals surface area contributed by atoms with Crippen LogP contribution in [-0.4, -0.2) is 54.2 Å². The average Bonchev–Trinajstić information content (AvgIpc) is 2.54. The van der Waals surface area contributed by atoms with E-state index in [0.29, 0.717) is 6.54 Å². The molecule has 0 amide bonds. The van der Waals surface area contributed by atoms with E-state index >= 15 is 0 Å². The van der Waals surface area contributed by atoms with Gasteiger partial charge < -0.3 is 10.0 Å². The van der Waals surface area contributed by atoms with E-state index in [9.17, 15) is 13.9 Å². The highest BCUT2D eigenvalue weighted by atomic mass is 19.2. The van der Waals surface area contributed by atoms with Gasteiger partial charge in [-0.15, -0.1) is 0 Å². The number of aliphatic hydroxyl groups excluding tert-OH is 1. The van der Waals surface area contributed by atoms with E-state index in [1.54, 1.807) is 0 Å². The molecule has 1 aromatic carbocycles. The van der Waals surface area contributed by atoms with Gasteiger partial charge in [-0.2, -0.15) is 0 Å². The largest absolute Gasteiger partial charge is 0.387 e. The van der Waals surface area contributed by atoms with E-state index in [0.717, 1.165) is 32.1 Å². The Balaban J connectivity index is 2.06. The van der Waals surface area contributed by atoms with Gasteiger partial charge in [0.25, 0.3) is 0 Å². The Labute approximate surface area is 118 Å². The van der Waals surface area contributed by atoms with Crippen molar-refractivity contribution in [2.75, 3.05) is 33.2 Å². The van der Waals surface area contributed by atoms with Crippen molar-refractivity contribution < 1.29 is 13.9 Å². The molecule has 112 valence electrons. The van der Waals surface area contributed by atoms with Crippen LogP contribution in [0.15, 0.2) is 18.2 Å². The highest BCUT2D eigenvalue weighted by molar-refractivity contribution is 5.21. The second-order valence-electron chi connectivity index (χ2n) is 5.62. The zero-order chi connectivity index (χ0) is 14.7. The molecule has 5 heteroatoms. The molecule has 2 atom stereocenters. The number of hydrogen-bond donors (Lipinski definition) is 1. The first-order valence-electron chi connectivity index (χ1n) is 7.03. The van der Waals surface area contributed by atoms with Gasteiger partial charge in [0.1, 0.15) is 0 Å². The number of hydrogen-bond acceptors (Lipinski definition) is 3. The molecule has 2 rings (SSSR count). The summed E-state index contributed by atoms with van der Waals surface area (Å²) in [5, 5.41) is 10.2. The maximum Gasteiger partial charge on any atom is 0.164 e. The number of nitrogens with zero attached hydrogens (tertiary/aromatic N) is 2. The van der Waals surface area contributed by atoms with Crippen molar-refractivity contribution in [3.63, 3.8) is 0 Å². The molecule has 20 heavy (non-hydrogen) atoms. The molecule has 0 aromatic heterocycles. The lowest BCUT2D eigenvalue weighted by atomic mass is 10.1. The summed E-state index contributed by atoms with van der Waals surface area (Å²) in [6, 6.07) is 4.22. The van der Waals surface area contributed by atoms with Gasteiger partial charge in [0.05, 0.1) is 6.10 Å². The minimum atomic E-state index is -1.00. The highest BCUT2D eigenvalue weighted by Crippen LogP contribution is 2.21. The highest BCUT2D eigenvalue weighted by Gasteiger charge is 2.24. The van der Waals surface area contributed by atoms with Crippen LogP contribution in [0, 0.1) is 11.6 Å². The standard InChI is InChI=1S/C15H22F2N2O/c1-11-9-18(2)7-4-8-19(11)10-14(20)12-5-3-6-13(16)15(12)17/h3,5-6,11,14,20H,4,7-10H2,1-2H3. The Morgan fingerprint density at radius 2 is 2.10 bits per heavy atom. The first kappa shape index (κ1) is 15.4. The number of β-amino-alcohol motifs (C(OH)–C–C–N with tert-alkyl or cyclic N) is 1. The molecular weight excluding hydrogens is 262 g/mol. The monoisotopic (exact) mass is 284 g/mol. The second kappa shape index (κ2) is 6.61. The molecule has 0 bridgehead atoms. The Bertz CT molecular complexity index is 455. The third-order valence-corrected chi connectivity index (χ3v) is 3.93. The first-order chi connectivity index (χ1) is 9.49. The molecule has 1 aromatic rings. The molecule has 0 radical (unpaired) electrons. The topological polar surface area (TPSA) is 26.7 Å². The molecule has 1 fully saturated rings. The molecule has 1 N–H and O–H groups in total. The molecule has 3 nitrogen and oxygen atoms in total. The van der Waals surface area contributed by atoms with Crippen LogP contribution in [0.3, 0.4) is 0 Å². The lowest BCUT2D eigenvalue weighted by Crippen LogP contribution is -2.40. The fourth-order valence-corrected chi connectivity index (χ4v) is 2.79. The zero-order valence-electron chi connectivity index (χ0n) is 12.0. The van der Waals surface area contributed by atoms with Gasteiger partial charge in [0.15, 0.2) is 11.6 Å². The molecule has 0 aliphatic carbocycles. The average molecular weight is 284 g/mol. The summed E-state index contributed by atoms with van der Waals surface area (Å²) in [4.78, 5) is 4.39. The summed E-state index contributed by atoms with van der Waals surface area (Å²) in [5.41, 5.74) is 0.0369. The minimum Gasteiger partial charge on any atom is -0.387 e. The van der Waals surface area contributed by atoms with Gasteiger partial charge >= 0.3 is 0 Å². The maximum absolute atomic E-state index is 13.7. The van der Waals surface area contributed by atoms with Crippen molar-refractivity contribution in [2.24, 2.45) is 0 Å². The Morgan fingerprint density at radius 1 is 1.35 bits per heavy atom. The van der Waals surface area contributed by atoms with Crippen LogP contribution in [0.1, 0.15) is 25.0 Å². The van der Waals surface area contributed by atoms with Crippen molar-refractivity contribution in [1.29, 1.82) is 0 Å². The molecule has 1 heterocycles. The molecular formula is C15H22F2N2O. The third kappa shape index (κ3) is 3.53. The smallest absolute Gasteiger partial charge is 0.164 e. The van der Waals surface area contributed by atoms with E-state index in [1.165, 1.54) is 12.1 Å². The third-order valence-electron chi connectivity index (χ3n) is 3.93. The van der Waals surface area contributed by atoms with Crippen LogP contribution in [0.25, 0.3) is 0 Å². The fourth-order valence-electron chi connectivity index (χ4n) is 2.79. The van der Waals surface area contributed by atoms with Gasteiger partial charge in [0.2, 0.25) is 0 Å². The van der Waals surface area contributed by atoms with Crippen LogP contribution in [0.2, 0.25) is 0 Å². The molecule has 0 spiro atoms. The predicted octanol–water partition coefficient (Wildman–Crippen LogP) is 2.02. The van der Waals surface area contributed by atoms with Gasteiger partial charge in [0, 0.05) is 24.7 Å².